The van der Waals surface area contributed by atoms with Gasteiger partial charge in [-0.15, -0.1) is 13.2 Å². The van der Waals surface area contributed by atoms with E-state index in [1.54, 1.807) is 0 Å². The van der Waals surface area contributed by atoms with Gasteiger partial charge in [-0.3, -0.25) is 4.79 Å². The number of ether oxygens (including phenoxy) is 8. The molecule has 4 rings (SSSR count). The molecule has 19 nitrogen and oxygen atoms in total. The molecule has 16 unspecified atom stereocenters. The Kier molecular flexibility index (Phi) is 14.8. The highest BCUT2D eigenvalue weighted by Crippen LogP contribution is 2.41. The second kappa shape index (κ2) is 18.7. The lowest BCUT2D eigenvalue weighted by molar-refractivity contribution is -0.339. The molecule has 0 aromatic heterocycles. The molecule has 8 N–H and O–H groups in total. The molecule has 0 spiro atoms. The van der Waals surface area contributed by atoms with Crippen molar-refractivity contribution in [2.75, 3.05) is 27.4 Å². The summed E-state index contributed by atoms with van der Waals surface area (Å²) in [6.07, 6.45) is -12.7. The van der Waals surface area contributed by atoms with E-state index in [0.29, 0.717) is 6.29 Å². The summed E-state index contributed by atoms with van der Waals surface area (Å²) in [5.41, 5.74) is -0.223. The van der Waals surface area contributed by atoms with Crippen LogP contribution in [-0.4, -0.2) is 161 Å². The third kappa shape index (κ3) is 8.72. The van der Waals surface area contributed by atoms with E-state index < -0.39 is 123 Å². The average molecular weight is 759 g/mol. The van der Waals surface area contributed by atoms with Crippen molar-refractivity contribution in [3.8, 4) is 0 Å². The van der Waals surface area contributed by atoms with E-state index in [1.165, 1.54) is 18.2 Å². The second-order valence-electron chi connectivity index (χ2n) is 12.6. The van der Waals surface area contributed by atoms with E-state index in [-0.39, 0.29) is 23.1 Å². The smallest absolute Gasteiger partial charge is 0.337 e. The van der Waals surface area contributed by atoms with Gasteiger partial charge >= 0.3 is 11.9 Å². The third-order valence-electron chi connectivity index (χ3n) is 9.59. The number of hydrogen-bond donors (Lipinski definition) is 8. The highest BCUT2D eigenvalue weighted by atomic mass is 16.8. The maximum absolute atomic E-state index is 13.0. The minimum Gasteiger partial charge on any atom is -0.471 e. The van der Waals surface area contributed by atoms with Gasteiger partial charge in [0.2, 0.25) is 12.6 Å². The number of aldehydes is 1. The predicted octanol–water partition coefficient (Wildman–Crippen LogP) is -3.20. The number of allylic oxidation sites excluding steroid dienone is 2. The molecule has 0 aromatic rings. The average Bonchev–Trinajstić information content (AvgIpc) is 3.17. The van der Waals surface area contributed by atoms with Crippen LogP contribution >= 0.6 is 0 Å². The van der Waals surface area contributed by atoms with Crippen LogP contribution in [0, 0.1) is 23.7 Å². The molecule has 0 bridgehead atoms. The lowest BCUT2D eigenvalue weighted by atomic mass is 9.76. The standard InChI is InChI=1S/C34H46O19/c1-5-15-17(18(29(44)46-3)12-48-31(15)52-33-27(42)25(40)23(38)20(10-36)50-33)8-7-14(9-35)22-16(6-2)32(49-13-19(22)30(45)47-4)53-34-28(43)26(41)24(39)21(11-37)51-34/h5-7,9,12-13,15-17,20-28,31-34,36-43H,1-2,8,10-11H2,3-4H3/b14-7-. The summed E-state index contributed by atoms with van der Waals surface area (Å²) in [6, 6.07) is 0. The number of aliphatic hydroxyl groups is 8. The fourth-order valence-corrected chi connectivity index (χ4v) is 6.58. The molecular weight excluding hydrogens is 712 g/mol. The molecule has 0 amide bonds. The predicted molar refractivity (Wildman–Crippen MR) is 173 cm³/mol. The Morgan fingerprint density at radius 2 is 1.15 bits per heavy atom. The molecule has 2 fully saturated rings. The van der Waals surface area contributed by atoms with Crippen molar-refractivity contribution >= 4 is 18.2 Å². The molecule has 19 heteroatoms. The normalized spacial score (nSPS) is 40.4. The monoisotopic (exact) mass is 758 g/mol. The Hall–Kier alpha value is -3.57. The van der Waals surface area contributed by atoms with E-state index in [4.69, 9.17) is 37.9 Å². The van der Waals surface area contributed by atoms with Crippen molar-refractivity contribution in [1.82, 2.24) is 0 Å². The van der Waals surface area contributed by atoms with Crippen molar-refractivity contribution < 1.29 is 93.1 Å². The van der Waals surface area contributed by atoms with Crippen LogP contribution in [0.4, 0.5) is 0 Å². The van der Waals surface area contributed by atoms with Gasteiger partial charge in [0.1, 0.15) is 55.1 Å². The lowest BCUT2D eigenvalue weighted by Gasteiger charge is -2.43. The second-order valence-corrected chi connectivity index (χ2v) is 12.6. The van der Waals surface area contributed by atoms with Gasteiger partial charge in [0.25, 0.3) is 0 Å². The number of carbonyl (C=O) groups excluding carboxylic acids is 3. The third-order valence-corrected chi connectivity index (χ3v) is 9.59. The molecule has 2 saturated heterocycles. The van der Waals surface area contributed by atoms with E-state index in [0.717, 1.165) is 26.7 Å². The molecule has 0 saturated carbocycles. The number of aliphatic hydroxyl groups excluding tert-OH is 8. The number of hydrogen-bond acceptors (Lipinski definition) is 19. The van der Waals surface area contributed by atoms with Gasteiger partial charge in [-0.1, -0.05) is 18.2 Å². The first-order valence-corrected chi connectivity index (χ1v) is 16.5. The minimum absolute atomic E-state index is 0.0210. The summed E-state index contributed by atoms with van der Waals surface area (Å²) < 4.78 is 43.7. The summed E-state index contributed by atoms with van der Waals surface area (Å²) in [7, 11) is 2.23. The zero-order valence-corrected chi connectivity index (χ0v) is 28.8. The fourth-order valence-electron chi connectivity index (χ4n) is 6.58. The number of esters is 2. The maximum Gasteiger partial charge on any atom is 0.337 e. The summed E-state index contributed by atoms with van der Waals surface area (Å²) in [4.78, 5) is 38.7. The molecule has 16 atom stereocenters. The van der Waals surface area contributed by atoms with Crippen molar-refractivity contribution in [3.05, 3.63) is 60.6 Å². The van der Waals surface area contributed by atoms with Crippen molar-refractivity contribution in [1.29, 1.82) is 0 Å². The molecule has 4 aliphatic heterocycles. The van der Waals surface area contributed by atoms with Crippen LogP contribution in [0.15, 0.2) is 60.6 Å². The Balaban J connectivity index is 1.66. The molecular formula is C34H46O19. The van der Waals surface area contributed by atoms with Gasteiger partial charge in [-0.05, 0) is 12.0 Å². The summed E-state index contributed by atoms with van der Waals surface area (Å²) in [5.74, 6) is -5.82. The molecule has 0 aromatic carbocycles. The van der Waals surface area contributed by atoms with Crippen LogP contribution < -0.4 is 0 Å². The van der Waals surface area contributed by atoms with Crippen LogP contribution in [0.5, 0.6) is 0 Å². The van der Waals surface area contributed by atoms with Gasteiger partial charge in [0.05, 0.1) is 57.0 Å². The van der Waals surface area contributed by atoms with E-state index in [9.17, 15) is 55.2 Å². The molecule has 296 valence electrons. The Bertz CT molecular complexity index is 1410. The zero-order valence-electron chi connectivity index (χ0n) is 28.8. The molecule has 4 heterocycles. The van der Waals surface area contributed by atoms with Crippen molar-refractivity contribution in [2.24, 2.45) is 23.7 Å². The molecule has 53 heavy (non-hydrogen) atoms. The highest BCUT2D eigenvalue weighted by Gasteiger charge is 2.50. The Morgan fingerprint density at radius 3 is 1.58 bits per heavy atom. The van der Waals surface area contributed by atoms with Gasteiger partial charge in [0, 0.05) is 17.8 Å². The van der Waals surface area contributed by atoms with Crippen LogP contribution in [0.25, 0.3) is 0 Å². The van der Waals surface area contributed by atoms with Crippen molar-refractivity contribution in [3.63, 3.8) is 0 Å². The van der Waals surface area contributed by atoms with Crippen LogP contribution in [0.1, 0.15) is 6.42 Å². The quantitative estimate of drug-likeness (QED) is 0.0375. The van der Waals surface area contributed by atoms with Crippen LogP contribution in [0.2, 0.25) is 0 Å². The minimum atomic E-state index is -1.81. The van der Waals surface area contributed by atoms with Gasteiger partial charge in [-0.25, -0.2) is 9.59 Å². The fraction of sp³-hybridized carbons (Fsp3) is 0.618. The van der Waals surface area contributed by atoms with Gasteiger partial charge in [0.15, 0.2) is 12.6 Å². The first-order chi connectivity index (χ1) is 25.3. The molecule has 4 aliphatic rings. The molecule has 0 radical (unpaired) electrons. The molecule has 0 aliphatic carbocycles. The topological polar surface area (TPSA) is 287 Å². The maximum atomic E-state index is 13.0. The summed E-state index contributed by atoms with van der Waals surface area (Å²) in [5, 5.41) is 81.1. The zero-order chi connectivity index (χ0) is 39.1. The lowest BCUT2D eigenvalue weighted by Crippen LogP contribution is -2.60. The first-order valence-electron chi connectivity index (χ1n) is 16.5. The van der Waals surface area contributed by atoms with Gasteiger partial charge < -0.3 is 78.7 Å². The summed E-state index contributed by atoms with van der Waals surface area (Å²) in [6.45, 7) is 6.16. The SMILES string of the molecule is C=CC1C(OC2OC(CO)C(O)C(O)C2O)OC=C(C(=O)OC)C1C/C=C(/C=O)C1C(C(=O)OC)=COC(OC2OC(CO)C(O)C(O)C2O)C1C=C. The van der Waals surface area contributed by atoms with Crippen molar-refractivity contribution in [2.45, 2.75) is 80.4 Å². The number of rotatable bonds is 14. The number of methoxy groups -OCH3 is 2. The van der Waals surface area contributed by atoms with Gasteiger partial charge in [-0.2, -0.15) is 0 Å². The largest absolute Gasteiger partial charge is 0.471 e. The number of carbonyl (C=O) groups is 3. The van der Waals surface area contributed by atoms with E-state index in [2.05, 4.69) is 13.2 Å². The highest BCUT2D eigenvalue weighted by molar-refractivity contribution is 5.92. The van der Waals surface area contributed by atoms with Crippen LogP contribution in [0.3, 0.4) is 0 Å². The summed E-state index contributed by atoms with van der Waals surface area (Å²) >= 11 is 0. The Morgan fingerprint density at radius 1 is 0.698 bits per heavy atom. The Labute approximate surface area is 303 Å². The van der Waals surface area contributed by atoms with E-state index >= 15 is 0 Å². The van der Waals surface area contributed by atoms with E-state index in [1.807, 2.05) is 0 Å². The first kappa shape index (κ1) is 42.2. The van der Waals surface area contributed by atoms with Crippen LogP contribution in [-0.2, 0) is 52.3 Å².